The molecule has 0 amide bonds. The molecule has 0 saturated carbocycles. The third-order valence-corrected chi connectivity index (χ3v) is 7.20. The molecule has 0 aliphatic carbocycles. The third-order valence-electron chi connectivity index (χ3n) is 6.83. The van der Waals surface area contributed by atoms with Gasteiger partial charge in [-0.25, -0.2) is 0 Å². The molecule has 4 aromatic rings. The molecule has 1 aliphatic rings. The van der Waals surface area contributed by atoms with E-state index in [-0.39, 0.29) is 22.8 Å². The number of nitrogens with one attached hydrogen (secondary N) is 1. The van der Waals surface area contributed by atoms with E-state index in [1.165, 1.54) is 14.7 Å². The number of para-hydroxylation sites is 2. The van der Waals surface area contributed by atoms with Crippen LogP contribution in [0.1, 0.15) is 45.1 Å². The van der Waals surface area contributed by atoms with E-state index in [1.807, 2.05) is 74.5 Å². The first-order valence-electron chi connectivity index (χ1n) is 12.0. The van der Waals surface area contributed by atoms with Gasteiger partial charge < -0.3 is 10.4 Å². The second-order valence-corrected chi connectivity index (χ2v) is 9.48. The second-order valence-electron chi connectivity index (χ2n) is 9.11. The first-order chi connectivity index (χ1) is 17.4. The average molecular weight is 498 g/mol. The minimum atomic E-state index is -0.620. The van der Waals surface area contributed by atoms with Gasteiger partial charge in [-0.15, -0.1) is 0 Å². The Labute approximate surface area is 214 Å². The number of hydrogen-bond donors (Lipinski definition) is 2. The van der Waals surface area contributed by atoms with Crippen molar-refractivity contribution in [1.82, 2.24) is 14.5 Å². The number of aromatic hydroxyl groups is 1. The van der Waals surface area contributed by atoms with Crippen molar-refractivity contribution >= 4 is 18.0 Å². The highest BCUT2D eigenvalue weighted by atomic mass is 32.1. The van der Waals surface area contributed by atoms with E-state index in [0.29, 0.717) is 11.4 Å². The molecule has 0 radical (unpaired) electrons. The summed E-state index contributed by atoms with van der Waals surface area (Å²) in [6, 6.07) is 22.5. The Hall–Kier alpha value is -3.81. The average Bonchev–Trinajstić information content (AvgIpc) is 2.86. The topological polar surface area (TPSA) is 76.3 Å². The number of benzene rings is 3. The summed E-state index contributed by atoms with van der Waals surface area (Å²) in [6.45, 7) is 4.51. The Morgan fingerprint density at radius 3 is 2.19 bits per heavy atom. The molecule has 1 atom stereocenters. The fourth-order valence-corrected chi connectivity index (χ4v) is 5.33. The number of Topliss-reactive ketones (excluding diaryl/α,β-unsaturated/α-hetero) is 1. The van der Waals surface area contributed by atoms with Crippen LogP contribution in [0.4, 0.5) is 0 Å². The van der Waals surface area contributed by atoms with Crippen molar-refractivity contribution in [2.24, 2.45) is 0 Å². The van der Waals surface area contributed by atoms with Crippen molar-refractivity contribution in [1.29, 1.82) is 0 Å². The quantitative estimate of drug-likeness (QED) is 0.295. The van der Waals surface area contributed by atoms with Gasteiger partial charge in [0, 0.05) is 12.5 Å². The summed E-state index contributed by atoms with van der Waals surface area (Å²) in [5.41, 5.74) is 4.20. The first kappa shape index (κ1) is 23.9. The molecular weight excluding hydrogens is 470 g/mol. The minimum absolute atomic E-state index is 0.0398. The molecule has 5 rings (SSSR count). The van der Waals surface area contributed by atoms with Gasteiger partial charge in [0.05, 0.1) is 11.4 Å². The number of ketones is 1. The monoisotopic (exact) mass is 497 g/mol. The number of nitrogens with zero attached hydrogens (tertiary/aromatic N) is 2. The number of rotatable bonds is 5. The zero-order valence-corrected chi connectivity index (χ0v) is 21.0. The molecule has 2 heterocycles. The summed E-state index contributed by atoms with van der Waals surface area (Å²) in [7, 11) is 0. The Bertz CT molecular complexity index is 1600. The summed E-state index contributed by atoms with van der Waals surface area (Å²) >= 11 is 5.75. The van der Waals surface area contributed by atoms with Crippen LogP contribution in [0, 0.1) is 18.6 Å². The van der Waals surface area contributed by atoms with Crippen molar-refractivity contribution in [3.8, 4) is 17.3 Å². The number of aromatic nitrogens is 2. The first-order valence-corrected chi connectivity index (χ1v) is 12.4. The predicted octanol–water partition coefficient (Wildman–Crippen LogP) is 5.14. The Morgan fingerprint density at radius 1 is 0.944 bits per heavy atom. The SMILES string of the molecule is Cc1ccccc1-n1c(O)c(C(=O)C[C@H]2NCCc3ccccc32)c(=O)n(-c2ccccc2C)c1=S. The summed E-state index contributed by atoms with van der Waals surface area (Å²) < 4.78 is 2.87. The van der Waals surface area contributed by atoms with Crippen LogP contribution in [0.5, 0.6) is 5.88 Å². The van der Waals surface area contributed by atoms with Gasteiger partial charge in [0.15, 0.2) is 10.6 Å². The lowest BCUT2D eigenvalue weighted by Crippen LogP contribution is -2.34. The third kappa shape index (κ3) is 4.10. The van der Waals surface area contributed by atoms with Crippen LogP contribution < -0.4 is 10.9 Å². The highest BCUT2D eigenvalue weighted by molar-refractivity contribution is 7.71. The van der Waals surface area contributed by atoms with E-state index in [4.69, 9.17) is 12.2 Å². The van der Waals surface area contributed by atoms with E-state index in [2.05, 4.69) is 11.4 Å². The Morgan fingerprint density at radius 2 is 1.53 bits per heavy atom. The van der Waals surface area contributed by atoms with Crippen LogP contribution in [-0.4, -0.2) is 26.6 Å². The van der Waals surface area contributed by atoms with Crippen LogP contribution >= 0.6 is 12.2 Å². The van der Waals surface area contributed by atoms with Crippen LogP contribution in [0.15, 0.2) is 77.6 Å². The number of carbonyl (C=O) groups excluding carboxylic acids is 1. The fraction of sp³-hybridized carbons (Fsp3) is 0.207. The molecule has 6 nitrogen and oxygen atoms in total. The molecule has 2 N–H and O–H groups in total. The van der Waals surface area contributed by atoms with Crippen LogP contribution in [0.2, 0.25) is 0 Å². The summed E-state index contributed by atoms with van der Waals surface area (Å²) in [5, 5.41) is 14.8. The van der Waals surface area contributed by atoms with Crippen molar-refractivity contribution in [2.45, 2.75) is 32.7 Å². The zero-order valence-electron chi connectivity index (χ0n) is 20.2. The number of carbonyl (C=O) groups is 1. The molecule has 0 spiro atoms. The lowest BCUT2D eigenvalue weighted by atomic mass is 9.90. The van der Waals surface area contributed by atoms with E-state index in [1.54, 1.807) is 6.07 Å². The molecule has 36 heavy (non-hydrogen) atoms. The molecule has 1 aromatic heterocycles. The maximum absolute atomic E-state index is 13.8. The highest BCUT2D eigenvalue weighted by Crippen LogP contribution is 2.30. The van der Waals surface area contributed by atoms with Gasteiger partial charge in [0.1, 0.15) is 5.56 Å². The molecule has 7 heteroatoms. The molecule has 0 unspecified atom stereocenters. The van der Waals surface area contributed by atoms with E-state index in [0.717, 1.165) is 29.7 Å². The van der Waals surface area contributed by atoms with Crippen molar-refractivity contribution in [2.75, 3.05) is 6.54 Å². The van der Waals surface area contributed by atoms with Crippen molar-refractivity contribution in [3.63, 3.8) is 0 Å². The van der Waals surface area contributed by atoms with Crippen molar-refractivity contribution < 1.29 is 9.90 Å². The molecule has 0 bridgehead atoms. The molecular formula is C29H27N3O3S. The summed E-state index contributed by atoms with van der Waals surface area (Å²) in [6.07, 6.45) is 0.919. The smallest absolute Gasteiger partial charge is 0.273 e. The normalized spacial score (nSPS) is 14.9. The second kappa shape index (κ2) is 9.68. The number of hydrogen-bond acceptors (Lipinski definition) is 5. The molecule has 182 valence electrons. The molecule has 3 aromatic carbocycles. The number of fused-ring (bicyclic) bond motifs is 1. The maximum atomic E-state index is 13.8. The summed E-state index contributed by atoms with van der Waals surface area (Å²) in [5.74, 6) is -0.871. The van der Waals surface area contributed by atoms with E-state index >= 15 is 0 Å². The fourth-order valence-electron chi connectivity index (χ4n) is 4.96. The summed E-state index contributed by atoms with van der Waals surface area (Å²) in [4.78, 5) is 27.6. The Balaban J connectivity index is 1.72. The lowest BCUT2D eigenvalue weighted by Gasteiger charge is -2.26. The van der Waals surface area contributed by atoms with E-state index in [9.17, 15) is 14.7 Å². The number of aryl methyl sites for hydroxylation is 2. The zero-order chi connectivity index (χ0) is 25.4. The van der Waals surface area contributed by atoms with Gasteiger partial charge in [-0.1, -0.05) is 60.7 Å². The van der Waals surface area contributed by atoms with Gasteiger partial charge >= 0.3 is 0 Å². The minimum Gasteiger partial charge on any atom is -0.493 e. The predicted molar refractivity (Wildman–Crippen MR) is 143 cm³/mol. The molecule has 0 saturated heterocycles. The van der Waals surface area contributed by atoms with Gasteiger partial charge in [0.2, 0.25) is 5.88 Å². The Kier molecular flexibility index (Phi) is 6.43. The van der Waals surface area contributed by atoms with E-state index < -0.39 is 17.2 Å². The van der Waals surface area contributed by atoms with Crippen LogP contribution in [-0.2, 0) is 6.42 Å². The molecule has 0 fully saturated rings. The van der Waals surface area contributed by atoms with Crippen LogP contribution in [0.3, 0.4) is 0 Å². The maximum Gasteiger partial charge on any atom is 0.273 e. The molecule has 1 aliphatic heterocycles. The lowest BCUT2D eigenvalue weighted by molar-refractivity contribution is 0.0961. The van der Waals surface area contributed by atoms with Crippen LogP contribution in [0.25, 0.3) is 11.4 Å². The van der Waals surface area contributed by atoms with Gasteiger partial charge in [-0.05, 0) is 73.4 Å². The standard InChI is InChI=1S/C29H27N3O3S/c1-18-9-3-7-13-23(18)31-27(34)26(28(35)32(29(31)36)24-14-8-4-10-19(24)2)25(33)17-22-21-12-6-5-11-20(21)15-16-30-22/h3-14,22,30,34H,15-17H2,1-2H3/t22-/m1/s1. The van der Waals surface area contributed by atoms with Crippen molar-refractivity contribution in [3.05, 3.63) is 116 Å². The van der Waals surface area contributed by atoms with Gasteiger partial charge in [-0.3, -0.25) is 18.7 Å². The highest BCUT2D eigenvalue weighted by Gasteiger charge is 2.29. The van der Waals surface area contributed by atoms with Gasteiger partial charge in [-0.2, -0.15) is 0 Å². The van der Waals surface area contributed by atoms with Gasteiger partial charge in [0.25, 0.3) is 5.56 Å². The largest absolute Gasteiger partial charge is 0.493 e.